The van der Waals surface area contributed by atoms with Crippen LogP contribution in [0.2, 0.25) is 0 Å². The second-order valence-electron chi connectivity index (χ2n) is 4.03. The zero-order valence-corrected chi connectivity index (χ0v) is 11.4. The first kappa shape index (κ1) is 12.2. The molecule has 1 aliphatic heterocycles. The summed E-state index contributed by atoms with van der Waals surface area (Å²) in [7, 11) is 0. The lowest BCUT2D eigenvalue weighted by Crippen LogP contribution is -2.00. The summed E-state index contributed by atoms with van der Waals surface area (Å²) in [6.45, 7) is 0.829. The van der Waals surface area contributed by atoms with Gasteiger partial charge in [-0.2, -0.15) is 4.39 Å². The molecule has 19 heavy (non-hydrogen) atoms. The molecule has 4 nitrogen and oxygen atoms in total. The molecule has 0 saturated carbocycles. The molecule has 0 amide bonds. The zero-order valence-electron chi connectivity index (χ0n) is 9.82. The predicted octanol–water partition coefficient (Wildman–Crippen LogP) is 3.32. The monoisotopic (exact) mass is 324 g/mol. The van der Waals surface area contributed by atoms with E-state index in [0.717, 1.165) is 27.2 Å². The van der Waals surface area contributed by atoms with E-state index in [9.17, 15) is 4.39 Å². The number of anilines is 1. The third kappa shape index (κ3) is 2.63. The van der Waals surface area contributed by atoms with E-state index in [1.165, 1.54) is 12.3 Å². The number of pyridine rings is 1. The molecular weight excluding hydrogens is 315 g/mol. The van der Waals surface area contributed by atoms with Gasteiger partial charge in [-0.15, -0.1) is 0 Å². The Morgan fingerprint density at radius 1 is 1.32 bits per heavy atom. The molecule has 0 radical (unpaired) electrons. The summed E-state index contributed by atoms with van der Waals surface area (Å²) in [6, 6.07) is 6.83. The number of hydrogen-bond acceptors (Lipinski definition) is 4. The molecule has 3 rings (SSSR count). The van der Waals surface area contributed by atoms with Crippen LogP contribution in [0.25, 0.3) is 0 Å². The molecule has 98 valence electrons. The Bertz CT molecular complexity index is 604. The number of rotatable bonds is 3. The van der Waals surface area contributed by atoms with Crippen molar-refractivity contribution in [2.24, 2.45) is 0 Å². The van der Waals surface area contributed by atoms with Crippen molar-refractivity contribution in [2.45, 2.75) is 6.54 Å². The van der Waals surface area contributed by atoms with Crippen LogP contribution in [0.15, 0.2) is 34.9 Å². The van der Waals surface area contributed by atoms with Crippen LogP contribution in [0.3, 0.4) is 0 Å². The van der Waals surface area contributed by atoms with Crippen LogP contribution < -0.4 is 14.8 Å². The molecule has 0 spiro atoms. The smallest absolute Gasteiger partial charge is 0.231 e. The van der Waals surface area contributed by atoms with E-state index in [1.807, 2.05) is 12.1 Å². The van der Waals surface area contributed by atoms with Crippen LogP contribution in [0.1, 0.15) is 5.56 Å². The quantitative estimate of drug-likeness (QED) is 0.879. The van der Waals surface area contributed by atoms with Gasteiger partial charge in [0.25, 0.3) is 0 Å². The SMILES string of the molecule is Fc1ccc(NCc2cc(Br)c3c(c2)OCO3)cn1. The Morgan fingerprint density at radius 2 is 2.21 bits per heavy atom. The van der Waals surface area contributed by atoms with Gasteiger partial charge < -0.3 is 14.8 Å². The summed E-state index contributed by atoms with van der Waals surface area (Å²) in [4.78, 5) is 3.58. The maximum Gasteiger partial charge on any atom is 0.231 e. The number of hydrogen-bond donors (Lipinski definition) is 1. The fourth-order valence-electron chi connectivity index (χ4n) is 1.81. The second kappa shape index (κ2) is 5.05. The molecule has 0 aliphatic carbocycles. The van der Waals surface area contributed by atoms with Crippen molar-refractivity contribution in [1.29, 1.82) is 0 Å². The third-order valence-corrected chi connectivity index (χ3v) is 3.30. The van der Waals surface area contributed by atoms with Gasteiger partial charge in [0, 0.05) is 6.54 Å². The predicted molar refractivity (Wildman–Crippen MR) is 71.8 cm³/mol. The van der Waals surface area contributed by atoms with E-state index >= 15 is 0 Å². The fraction of sp³-hybridized carbons (Fsp3) is 0.154. The standard InChI is InChI=1S/C13H10BrFN2O2/c14-10-3-8(4-11-13(10)19-7-18-11)5-16-9-1-2-12(15)17-6-9/h1-4,6,16H,5,7H2. The van der Waals surface area contributed by atoms with Gasteiger partial charge >= 0.3 is 0 Å². The van der Waals surface area contributed by atoms with Crippen LogP contribution in [0, 0.1) is 5.95 Å². The molecule has 0 bridgehead atoms. The minimum absolute atomic E-state index is 0.243. The lowest BCUT2D eigenvalue weighted by atomic mass is 10.2. The lowest BCUT2D eigenvalue weighted by Gasteiger charge is -2.08. The van der Waals surface area contributed by atoms with Crippen LogP contribution >= 0.6 is 15.9 Å². The molecular formula is C13H10BrFN2O2. The van der Waals surface area contributed by atoms with Crippen molar-refractivity contribution in [2.75, 3.05) is 12.1 Å². The minimum atomic E-state index is -0.489. The average molecular weight is 325 g/mol. The van der Waals surface area contributed by atoms with Crippen LogP contribution in [-0.4, -0.2) is 11.8 Å². The van der Waals surface area contributed by atoms with Crippen molar-refractivity contribution in [3.63, 3.8) is 0 Å². The molecule has 2 heterocycles. The molecule has 1 aliphatic rings. The number of halogens is 2. The first-order valence-electron chi connectivity index (χ1n) is 5.66. The molecule has 1 N–H and O–H groups in total. The Hall–Kier alpha value is -1.82. The lowest BCUT2D eigenvalue weighted by molar-refractivity contribution is 0.173. The number of nitrogens with zero attached hydrogens (tertiary/aromatic N) is 1. The molecule has 2 aromatic rings. The summed E-state index contributed by atoms with van der Waals surface area (Å²) >= 11 is 3.44. The fourth-order valence-corrected chi connectivity index (χ4v) is 2.41. The summed E-state index contributed by atoms with van der Waals surface area (Å²) < 4.78 is 24.2. The van der Waals surface area contributed by atoms with Gasteiger partial charge in [-0.05, 0) is 45.8 Å². The Labute approximate surface area is 117 Å². The van der Waals surface area contributed by atoms with E-state index in [2.05, 4.69) is 26.2 Å². The number of aromatic nitrogens is 1. The van der Waals surface area contributed by atoms with Crippen LogP contribution in [-0.2, 0) is 6.54 Å². The van der Waals surface area contributed by atoms with Gasteiger partial charge in [0.05, 0.1) is 16.4 Å². The molecule has 1 aromatic carbocycles. The summed E-state index contributed by atoms with van der Waals surface area (Å²) in [5, 5.41) is 3.16. The highest BCUT2D eigenvalue weighted by molar-refractivity contribution is 9.10. The summed E-state index contributed by atoms with van der Waals surface area (Å²) in [5.41, 5.74) is 1.79. The molecule has 1 aromatic heterocycles. The maximum atomic E-state index is 12.7. The van der Waals surface area contributed by atoms with Crippen molar-refractivity contribution < 1.29 is 13.9 Å². The van der Waals surface area contributed by atoms with E-state index in [1.54, 1.807) is 6.07 Å². The van der Waals surface area contributed by atoms with E-state index in [-0.39, 0.29) is 6.79 Å². The van der Waals surface area contributed by atoms with E-state index in [0.29, 0.717) is 6.54 Å². The van der Waals surface area contributed by atoms with Crippen LogP contribution in [0.4, 0.5) is 10.1 Å². The summed E-state index contributed by atoms with van der Waals surface area (Å²) in [5.74, 6) is 0.965. The Balaban J connectivity index is 1.73. The van der Waals surface area contributed by atoms with Crippen LogP contribution in [0.5, 0.6) is 11.5 Å². The normalized spacial score (nSPS) is 12.5. The van der Waals surface area contributed by atoms with Crippen molar-refractivity contribution in [3.05, 3.63) is 46.4 Å². The molecule has 0 unspecified atom stereocenters. The van der Waals surface area contributed by atoms with Gasteiger partial charge in [0.1, 0.15) is 0 Å². The third-order valence-electron chi connectivity index (χ3n) is 2.71. The molecule has 0 fully saturated rings. The molecule has 0 atom stereocenters. The number of nitrogens with one attached hydrogen (secondary N) is 1. The topological polar surface area (TPSA) is 43.4 Å². The number of fused-ring (bicyclic) bond motifs is 1. The molecule has 0 saturated heterocycles. The van der Waals surface area contributed by atoms with Gasteiger partial charge in [-0.25, -0.2) is 4.98 Å². The highest BCUT2D eigenvalue weighted by Crippen LogP contribution is 2.40. The van der Waals surface area contributed by atoms with Gasteiger partial charge in [0.15, 0.2) is 11.5 Å². The highest BCUT2D eigenvalue weighted by atomic mass is 79.9. The number of benzene rings is 1. The van der Waals surface area contributed by atoms with Gasteiger partial charge in [0.2, 0.25) is 12.7 Å². The Kier molecular flexibility index (Phi) is 3.25. The number of ether oxygens (including phenoxy) is 2. The second-order valence-corrected chi connectivity index (χ2v) is 4.89. The minimum Gasteiger partial charge on any atom is -0.454 e. The first-order chi connectivity index (χ1) is 9.22. The largest absolute Gasteiger partial charge is 0.454 e. The van der Waals surface area contributed by atoms with Gasteiger partial charge in [-0.1, -0.05) is 0 Å². The highest BCUT2D eigenvalue weighted by Gasteiger charge is 2.17. The maximum absolute atomic E-state index is 12.7. The van der Waals surface area contributed by atoms with Crippen molar-refractivity contribution >= 4 is 21.6 Å². The van der Waals surface area contributed by atoms with E-state index < -0.39 is 5.95 Å². The molecule has 6 heteroatoms. The van der Waals surface area contributed by atoms with E-state index in [4.69, 9.17) is 9.47 Å². The average Bonchev–Trinajstić information content (AvgIpc) is 2.87. The first-order valence-corrected chi connectivity index (χ1v) is 6.45. The van der Waals surface area contributed by atoms with Crippen molar-refractivity contribution in [1.82, 2.24) is 4.98 Å². The summed E-state index contributed by atoms with van der Waals surface area (Å²) in [6.07, 6.45) is 1.46. The zero-order chi connectivity index (χ0) is 13.2. The van der Waals surface area contributed by atoms with Gasteiger partial charge in [-0.3, -0.25) is 0 Å². The van der Waals surface area contributed by atoms with Crippen molar-refractivity contribution in [3.8, 4) is 11.5 Å². The Morgan fingerprint density at radius 3 is 3.00 bits per heavy atom.